The van der Waals surface area contributed by atoms with Crippen molar-refractivity contribution in [3.8, 4) is 11.5 Å². The highest BCUT2D eigenvalue weighted by Crippen LogP contribution is 2.50. The van der Waals surface area contributed by atoms with E-state index in [4.69, 9.17) is 9.47 Å². The smallest absolute Gasteiger partial charge is 0.306 e. The molecular formula is C24H27FO4. The van der Waals surface area contributed by atoms with E-state index in [-0.39, 0.29) is 23.6 Å². The quantitative estimate of drug-likeness (QED) is 0.628. The molecule has 4 atom stereocenters. The average Bonchev–Trinajstić information content (AvgIpc) is 3.63. The molecule has 0 aromatic heterocycles. The van der Waals surface area contributed by atoms with Crippen molar-refractivity contribution in [1.29, 1.82) is 0 Å². The number of hydrogen-bond donors (Lipinski definition) is 1. The van der Waals surface area contributed by atoms with Crippen molar-refractivity contribution in [2.75, 3.05) is 13.7 Å². The number of benzene rings is 2. The Balaban J connectivity index is 1.40. The van der Waals surface area contributed by atoms with Crippen LogP contribution in [-0.2, 0) is 4.79 Å². The Hall–Kier alpha value is -2.56. The Kier molecular flexibility index (Phi) is 5.48. The number of carboxylic acids is 1. The summed E-state index contributed by atoms with van der Waals surface area (Å²) in [6.07, 6.45) is 3.07. The van der Waals surface area contributed by atoms with E-state index in [2.05, 4.69) is 0 Å². The maximum absolute atomic E-state index is 14.2. The van der Waals surface area contributed by atoms with Crippen LogP contribution in [-0.4, -0.2) is 24.8 Å². The minimum Gasteiger partial charge on any atom is -0.497 e. The Labute approximate surface area is 170 Å². The van der Waals surface area contributed by atoms with E-state index in [0.717, 1.165) is 30.6 Å². The zero-order valence-electron chi connectivity index (χ0n) is 16.8. The maximum Gasteiger partial charge on any atom is 0.306 e. The third kappa shape index (κ3) is 4.39. The fourth-order valence-electron chi connectivity index (χ4n) is 4.34. The van der Waals surface area contributed by atoms with Crippen molar-refractivity contribution >= 4 is 5.97 Å². The number of carbonyl (C=O) groups is 1. The van der Waals surface area contributed by atoms with Crippen molar-refractivity contribution in [2.24, 2.45) is 17.8 Å². The zero-order chi connectivity index (χ0) is 20.5. The molecule has 2 saturated carbocycles. The van der Waals surface area contributed by atoms with Gasteiger partial charge in [-0.1, -0.05) is 19.1 Å². The number of rotatable bonds is 9. The lowest BCUT2D eigenvalue weighted by atomic mass is 9.83. The lowest BCUT2D eigenvalue weighted by Crippen LogP contribution is -2.20. The number of ether oxygens (including phenoxy) is 2. The molecule has 2 aromatic rings. The third-order valence-corrected chi connectivity index (χ3v) is 6.29. The second-order valence-electron chi connectivity index (χ2n) is 8.36. The van der Waals surface area contributed by atoms with E-state index in [0.29, 0.717) is 23.8 Å². The molecule has 29 heavy (non-hydrogen) atoms. The molecule has 2 unspecified atom stereocenters. The number of carboxylic acid groups (broad SMARTS) is 1. The lowest BCUT2D eigenvalue weighted by molar-refractivity contribution is -0.142. The first-order valence-corrected chi connectivity index (χ1v) is 10.3. The topological polar surface area (TPSA) is 55.8 Å². The van der Waals surface area contributed by atoms with Gasteiger partial charge >= 0.3 is 5.97 Å². The van der Waals surface area contributed by atoms with Crippen LogP contribution in [0.1, 0.15) is 49.1 Å². The molecule has 2 fully saturated rings. The SMILES string of the molecule is COc1ccc(F)c([C@H]2C[C@@H]2COc2cccc(C(C3CC3)C(C)C(=O)O)c2)c1. The molecule has 4 rings (SSSR count). The molecule has 0 aliphatic heterocycles. The van der Waals surface area contributed by atoms with Crippen molar-refractivity contribution < 1.29 is 23.8 Å². The van der Waals surface area contributed by atoms with Crippen LogP contribution in [0.3, 0.4) is 0 Å². The largest absolute Gasteiger partial charge is 0.497 e. The van der Waals surface area contributed by atoms with Gasteiger partial charge in [-0.2, -0.15) is 0 Å². The summed E-state index contributed by atoms with van der Waals surface area (Å²) in [5, 5.41) is 9.47. The van der Waals surface area contributed by atoms with Crippen molar-refractivity contribution in [1.82, 2.24) is 0 Å². The number of aliphatic carboxylic acids is 1. The summed E-state index contributed by atoms with van der Waals surface area (Å²) in [7, 11) is 1.58. The van der Waals surface area contributed by atoms with E-state index >= 15 is 0 Å². The van der Waals surface area contributed by atoms with Crippen LogP contribution in [0.2, 0.25) is 0 Å². The number of halogens is 1. The van der Waals surface area contributed by atoms with Gasteiger partial charge in [0, 0.05) is 5.92 Å². The molecule has 2 aliphatic rings. The zero-order valence-corrected chi connectivity index (χ0v) is 16.8. The van der Waals surface area contributed by atoms with E-state index in [1.165, 1.54) is 6.07 Å². The summed E-state index contributed by atoms with van der Waals surface area (Å²) in [5.41, 5.74) is 1.72. The van der Waals surface area contributed by atoms with Gasteiger partial charge in [0.25, 0.3) is 0 Å². The van der Waals surface area contributed by atoms with Crippen LogP contribution >= 0.6 is 0 Å². The molecule has 1 N–H and O–H groups in total. The first kappa shape index (κ1) is 19.7. The minimum absolute atomic E-state index is 0.0237. The van der Waals surface area contributed by atoms with Gasteiger partial charge in [-0.3, -0.25) is 4.79 Å². The Morgan fingerprint density at radius 2 is 2.00 bits per heavy atom. The number of methoxy groups -OCH3 is 1. The predicted octanol–water partition coefficient (Wildman–Crippen LogP) is 5.23. The summed E-state index contributed by atoms with van der Waals surface area (Å²) in [5.74, 6) is 0.945. The molecule has 154 valence electrons. The Bertz CT molecular complexity index is 892. The normalized spacial score (nSPS) is 22.6. The summed E-state index contributed by atoms with van der Waals surface area (Å²) >= 11 is 0. The van der Waals surface area contributed by atoms with Crippen LogP contribution in [0, 0.1) is 23.6 Å². The van der Waals surface area contributed by atoms with Gasteiger partial charge in [0.15, 0.2) is 0 Å². The molecule has 0 saturated heterocycles. The molecule has 0 heterocycles. The molecule has 4 nitrogen and oxygen atoms in total. The van der Waals surface area contributed by atoms with Gasteiger partial charge in [-0.25, -0.2) is 4.39 Å². The molecule has 2 aliphatic carbocycles. The highest BCUT2D eigenvalue weighted by atomic mass is 19.1. The van der Waals surface area contributed by atoms with E-state index < -0.39 is 11.9 Å². The van der Waals surface area contributed by atoms with E-state index in [1.54, 1.807) is 26.2 Å². The monoisotopic (exact) mass is 398 g/mol. The van der Waals surface area contributed by atoms with Crippen LogP contribution < -0.4 is 9.47 Å². The molecular weight excluding hydrogens is 371 g/mol. The fourth-order valence-corrected chi connectivity index (χ4v) is 4.34. The molecule has 0 amide bonds. The lowest BCUT2D eigenvalue weighted by Gasteiger charge is -2.21. The molecule has 2 aromatic carbocycles. The second kappa shape index (κ2) is 8.05. The first-order valence-electron chi connectivity index (χ1n) is 10.3. The van der Waals surface area contributed by atoms with Crippen LogP contribution in [0.15, 0.2) is 42.5 Å². The molecule has 0 spiro atoms. The van der Waals surface area contributed by atoms with Crippen molar-refractivity contribution in [2.45, 2.75) is 38.0 Å². The van der Waals surface area contributed by atoms with Crippen molar-refractivity contribution in [3.05, 3.63) is 59.4 Å². The maximum atomic E-state index is 14.2. The van der Waals surface area contributed by atoms with E-state index in [1.807, 2.05) is 24.3 Å². The molecule has 0 radical (unpaired) electrons. The van der Waals surface area contributed by atoms with E-state index in [9.17, 15) is 14.3 Å². The summed E-state index contributed by atoms with van der Waals surface area (Å²) in [4.78, 5) is 11.5. The van der Waals surface area contributed by atoms with Gasteiger partial charge in [-0.05, 0) is 78.5 Å². The predicted molar refractivity (Wildman–Crippen MR) is 108 cm³/mol. The second-order valence-corrected chi connectivity index (χ2v) is 8.36. The van der Waals surface area contributed by atoms with Gasteiger partial charge in [-0.15, -0.1) is 0 Å². The van der Waals surface area contributed by atoms with Gasteiger partial charge < -0.3 is 14.6 Å². The number of hydrogen-bond acceptors (Lipinski definition) is 3. The molecule has 5 heteroatoms. The Morgan fingerprint density at radius 3 is 2.69 bits per heavy atom. The highest BCUT2D eigenvalue weighted by Gasteiger charge is 2.41. The molecule has 0 bridgehead atoms. The van der Waals surface area contributed by atoms with Gasteiger partial charge in [0.05, 0.1) is 19.6 Å². The standard InChI is InChI=1S/C24H27FO4/c1-14(24(26)27)23(15-6-7-15)16-4-3-5-19(10-16)29-13-17-11-20(17)21-12-18(28-2)8-9-22(21)25/h3-5,8-10,12,14-15,17,20,23H,6-7,11,13H2,1-2H3,(H,26,27)/t14?,17-,20+,23?/m1/s1. The van der Waals surface area contributed by atoms with Gasteiger partial charge in [0.1, 0.15) is 17.3 Å². The first-order chi connectivity index (χ1) is 14.0. The Morgan fingerprint density at radius 1 is 1.21 bits per heavy atom. The van der Waals surface area contributed by atoms with Gasteiger partial charge in [0.2, 0.25) is 0 Å². The van der Waals surface area contributed by atoms with Crippen LogP contribution in [0.4, 0.5) is 4.39 Å². The summed E-state index contributed by atoms with van der Waals surface area (Å²) in [6.45, 7) is 2.31. The third-order valence-electron chi connectivity index (χ3n) is 6.29. The highest BCUT2D eigenvalue weighted by molar-refractivity contribution is 5.71. The van der Waals surface area contributed by atoms with Crippen LogP contribution in [0.25, 0.3) is 0 Å². The van der Waals surface area contributed by atoms with Crippen molar-refractivity contribution in [3.63, 3.8) is 0 Å². The summed E-state index contributed by atoms with van der Waals surface area (Å²) < 4.78 is 25.4. The minimum atomic E-state index is -0.755. The average molecular weight is 398 g/mol. The summed E-state index contributed by atoms with van der Waals surface area (Å²) in [6, 6.07) is 12.7. The fraction of sp³-hybridized carbons (Fsp3) is 0.458. The van der Waals surface area contributed by atoms with Crippen LogP contribution in [0.5, 0.6) is 11.5 Å².